The topological polar surface area (TPSA) is 228 Å². The predicted molar refractivity (Wildman–Crippen MR) is 163 cm³/mol. The normalized spacial score (nSPS) is 11.8. The van der Waals surface area contributed by atoms with Crippen LogP contribution in [0.1, 0.15) is 5.56 Å². The fourth-order valence-corrected chi connectivity index (χ4v) is 5.71. The molecule has 0 atom stereocenters. The summed E-state index contributed by atoms with van der Waals surface area (Å²) in [5.74, 6) is 4.44. The lowest BCUT2D eigenvalue weighted by atomic mass is 10.2. The van der Waals surface area contributed by atoms with Gasteiger partial charge in [-0.2, -0.15) is 0 Å². The molecule has 0 saturated carbocycles. The Morgan fingerprint density at radius 3 is 2.16 bits per heavy atom. The van der Waals surface area contributed by atoms with E-state index in [1.54, 1.807) is 14.2 Å². The molecule has 4 rings (SSSR count). The molecule has 2 aromatic heterocycles. The number of ether oxygens (including phenoxy) is 4. The van der Waals surface area contributed by atoms with Gasteiger partial charge in [0.2, 0.25) is 0 Å². The second-order valence-electron chi connectivity index (χ2n) is 9.17. The number of aromatic nitrogens is 4. The number of benzene rings is 2. The zero-order valence-corrected chi connectivity index (χ0v) is 26.0. The van der Waals surface area contributed by atoms with E-state index in [2.05, 4.69) is 26.2 Å². The van der Waals surface area contributed by atoms with E-state index in [-0.39, 0.29) is 0 Å². The molecular formula is C27H33N5O11P2. The molecule has 0 spiro atoms. The van der Waals surface area contributed by atoms with Crippen LogP contribution in [0.3, 0.4) is 0 Å². The Morgan fingerprint density at radius 1 is 0.956 bits per heavy atom. The minimum atomic E-state index is -5.41. The van der Waals surface area contributed by atoms with E-state index in [1.807, 2.05) is 36.4 Å². The van der Waals surface area contributed by atoms with Crippen LogP contribution in [0, 0.1) is 12.3 Å². The van der Waals surface area contributed by atoms with Crippen LogP contribution in [0.4, 0.5) is 11.5 Å². The average Bonchev–Trinajstić information content (AvgIpc) is 3.50. The number of rotatable bonds is 14. The van der Waals surface area contributed by atoms with Crippen LogP contribution in [-0.2, 0) is 25.1 Å². The highest BCUT2D eigenvalue weighted by Gasteiger charge is 2.59. The Kier molecular flexibility index (Phi) is 12.6. The molecule has 18 heteroatoms. The van der Waals surface area contributed by atoms with Gasteiger partial charge >= 0.3 is 15.2 Å². The van der Waals surface area contributed by atoms with Gasteiger partial charge in [-0.3, -0.25) is 9.13 Å². The molecule has 0 aliphatic carbocycles. The molecule has 0 saturated heterocycles. The van der Waals surface area contributed by atoms with Gasteiger partial charge in [-0.15, -0.1) is 6.42 Å². The van der Waals surface area contributed by atoms with Crippen molar-refractivity contribution in [2.75, 3.05) is 46.0 Å². The van der Waals surface area contributed by atoms with Gasteiger partial charge in [-0.1, -0.05) is 12.0 Å². The summed E-state index contributed by atoms with van der Waals surface area (Å²) in [5, 5.41) is 10.1. The van der Waals surface area contributed by atoms with Crippen molar-refractivity contribution in [2.45, 2.75) is 11.6 Å². The number of fused-ring (bicyclic) bond motifs is 1. The number of methoxy groups -OCH3 is 2. The first-order chi connectivity index (χ1) is 21.3. The van der Waals surface area contributed by atoms with Crippen LogP contribution in [0.2, 0.25) is 0 Å². The Bertz CT molecular complexity index is 1660. The van der Waals surface area contributed by atoms with Gasteiger partial charge in [0.25, 0.3) is 5.08 Å². The van der Waals surface area contributed by atoms with Crippen LogP contribution in [-0.4, -0.2) is 89.9 Å². The zero-order valence-electron chi connectivity index (χ0n) is 24.3. The van der Waals surface area contributed by atoms with E-state index in [0.717, 1.165) is 33.0 Å². The molecular weight excluding hydrogens is 632 g/mol. The number of nitrogens with one attached hydrogen (secondary N) is 1. The highest BCUT2D eigenvalue weighted by atomic mass is 31.2. The van der Waals surface area contributed by atoms with Gasteiger partial charge < -0.3 is 53.5 Å². The maximum absolute atomic E-state index is 10.9. The fraction of sp³-hybridized carbons (Fsp3) is 0.296. The second kappa shape index (κ2) is 15.9. The van der Waals surface area contributed by atoms with E-state index in [0.29, 0.717) is 43.7 Å². The van der Waals surface area contributed by atoms with Gasteiger partial charge in [0.1, 0.15) is 25.4 Å². The summed E-state index contributed by atoms with van der Waals surface area (Å²) in [5.41, 5.74) is 2.34. The first kappa shape index (κ1) is 35.6. The van der Waals surface area contributed by atoms with Gasteiger partial charge in [0, 0.05) is 49.3 Å². The molecule has 16 nitrogen and oxygen atoms in total. The fourth-order valence-electron chi connectivity index (χ4n) is 3.66. The van der Waals surface area contributed by atoms with E-state index < -0.39 is 26.8 Å². The number of nitrogens with zero attached hydrogens (tertiary/aromatic N) is 4. The SMILES string of the molecule is C#Cc1cccc(Nc2ncnc3cc(OCCOC)c(OCCOC)cc23)c1.O=P(O)(O)C(O)(Cn1ccnc1)P(=O)(O)O. The van der Waals surface area contributed by atoms with Crippen LogP contribution in [0.15, 0.2) is 61.4 Å². The third-order valence-corrected chi connectivity index (χ3v) is 9.68. The van der Waals surface area contributed by atoms with E-state index in [9.17, 15) is 14.2 Å². The molecule has 2 aromatic carbocycles. The summed E-state index contributed by atoms with van der Waals surface area (Å²) in [7, 11) is -7.56. The van der Waals surface area contributed by atoms with Crippen LogP contribution in [0.25, 0.3) is 10.9 Å². The molecule has 0 bridgehead atoms. The smallest absolute Gasteiger partial charge is 0.371 e. The Morgan fingerprint density at radius 2 is 1.60 bits per heavy atom. The van der Waals surface area contributed by atoms with Gasteiger partial charge in [-0.05, 0) is 24.3 Å². The number of aliphatic hydroxyl groups is 1. The number of hydrogen-bond acceptors (Lipinski definition) is 11. The molecule has 242 valence electrons. The maximum atomic E-state index is 10.9. The van der Waals surface area contributed by atoms with E-state index in [1.165, 1.54) is 18.7 Å². The Balaban J connectivity index is 0.000000292. The molecule has 0 aliphatic rings. The van der Waals surface area contributed by atoms with Crippen LogP contribution >= 0.6 is 15.2 Å². The number of anilines is 2. The van der Waals surface area contributed by atoms with Crippen molar-refractivity contribution < 1.29 is 52.8 Å². The Hall–Kier alpha value is -3.87. The van der Waals surface area contributed by atoms with Crippen molar-refractivity contribution in [3.05, 3.63) is 67.0 Å². The molecule has 0 unspecified atom stereocenters. The average molecular weight is 666 g/mol. The van der Waals surface area contributed by atoms with Gasteiger partial charge in [0.05, 0.1) is 31.6 Å². The molecule has 0 amide bonds. The summed E-state index contributed by atoms with van der Waals surface area (Å²) < 4.78 is 44.6. The summed E-state index contributed by atoms with van der Waals surface area (Å²) in [6, 6.07) is 11.3. The summed E-state index contributed by atoms with van der Waals surface area (Å²) in [6.07, 6.45) is 10.5. The molecule has 4 aromatic rings. The third-order valence-electron chi connectivity index (χ3n) is 5.97. The monoisotopic (exact) mass is 665 g/mol. The molecule has 45 heavy (non-hydrogen) atoms. The van der Waals surface area contributed by atoms with Crippen molar-refractivity contribution in [3.63, 3.8) is 0 Å². The van der Waals surface area contributed by atoms with Crippen molar-refractivity contribution in [1.29, 1.82) is 0 Å². The quantitative estimate of drug-likeness (QED) is 0.0645. The van der Waals surface area contributed by atoms with Gasteiger partial charge in [0.15, 0.2) is 11.5 Å². The first-order valence-corrected chi connectivity index (χ1v) is 16.2. The first-order valence-electron chi connectivity index (χ1n) is 13.0. The standard InChI is InChI=1S/C22H23N3O4.C5H10N2O7P2/c1-4-16-6-5-7-17(12-16)25-22-18-13-20(28-10-8-26-2)21(29-11-9-27-3)14-19(18)23-15-24-22;8-5(15(9,10)11,16(12,13)14)3-7-2-1-6-4-7/h1,5-7,12-15H,8-11H2,2-3H3,(H,23,24,25);1-2,4,8H,3H2,(H2,9,10,11)(H2,12,13,14). The summed E-state index contributed by atoms with van der Waals surface area (Å²) in [4.78, 5) is 47.5. The minimum Gasteiger partial charge on any atom is -0.487 e. The largest absolute Gasteiger partial charge is 0.487 e. The number of imidazole rings is 1. The van der Waals surface area contributed by atoms with Crippen molar-refractivity contribution >= 4 is 37.6 Å². The summed E-state index contributed by atoms with van der Waals surface area (Å²) >= 11 is 0. The lowest BCUT2D eigenvalue weighted by Crippen LogP contribution is -2.33. The van der Waals surface area contributed by atoms with Crippen molar-refractivity contribution in [1.82, 2.24) is 19.5 Å². The van der Waals surface area contributed by atoms with E-state index >= 15 is 0 Å². The molecule has 0 fully saturated rings. The van der Waals surface area contributed by atoms with E-state index in [4.69, 9.17) is 44.9 Å². The molecule has 0 aliphatic heterocycles. The van der Waals surface area contributed by atoms with Crippen LogP contribution < -0.4 is 14.8 Å². The summed E-state index contributed by atoms with van der Waals surface area (Å²) in [6.45, 7) is 0.769. The molecule has 6 N–H and O–H groups in total. The highest BCUT2D eigenvalue weighted by Crippen LogP contribution is 2.68. The van der Waals surface area contributed by atoms with Gasteiger partial charge in [-0.25, -0.2) is 15.0 Å². The molecule has 2 heterocycles. The molecule has 0 radical (unpaired) electrons. The van der Waals surface area contributed by atoms with Crippen LogP contribution in [0.5, 0.6) is 11.5 Å². The lowest BCUT2D eigenvalue weighted by Gasteiger charge is -2.29. The zero-order chi connectivity index (χ0) is 33.1. The predicted octanol–water partition coefficient (Wildman–Crippen LogP) is 2.29. The highest BCUT2D eigenvalue weighted by molar-refractivity contribution is 7.72. The van der Waals surface area contributed by atoms with Crippen molar-refractivity contribution in [3.8, 4) is 23.8 Å². The van der Waals surface area contributed by atoms with Crippen molar-refractivity contribution in [2.24, 2.45) is 0 Å². The Labute approximate surface area is 258 Å². The maximum Gasteiger partial charge on any atom is 0.371 e. The lowest BCUT2D eigenvalue weighted by molar-refractivity contribution is 0.115. The second-order valence-corrected chi connectivity index (χ2v) is 13.2. The number of hydrogen-bond donors (Lipinski definition) is 6. The minimum absolute atomic E-state index is 0.392. The number of terminal acetylenes is 1. The third kappa shape index (κ3) is 9.56.